The van der Waals surface area contributed by atoms with E-state index < -0.39 is 0 Å². The fourth-order valence-electron chi connectivity index (χ4n) is 4.35. The van der Waals surface area contributed by atoms with Gasteiger partial charge in [0, 0.05) is 0 Å². The van der Waals surface area contributed by atoms with E-state index in [1.54, 1.807) is 5.57 Å². The van der Waals surface area contributed by atoms with E-state index in [-0.39, 0.29) is 0 Å². The highest BCUT2D eigenvalue weighted by Gasteiger charge is 2.56. The van der Waals surface area contributed by atoms with E-state index in [2.05, 4.69) is 27.4 Å². The lowest BCUT2D eigenvalue weighted by molar-refractivity contribution is -0.00672. The van der Waals surface area contributed by atoms with E-state index in [1.807, 2.05) is 0 Å². The maximum absolute atomic E-state index is 4.37. The molecule has 3 aliphatic carbocycles. The highest BCUT2D eigenvalue weighted by Crippen LogP contribution is 2.65. The molecular formula is C15H24. The lowest BCUT2D eigenvalue weighted by Gasteiger charge is -2.54. The molecule has 0 amide bonds. The van der Waals surface area contributed by atoms with Gasteiger partial charge in [-0.15, -0.1) is 0 Å². The van der Waals surface area contributed by atoms with Crippen LogP contribution in [0.15, 0.2) is 12.2 Å². The molecule has 4 unspecified atom stereocenters. The van der Waals surface area contributed by atoms with Crippen molar-refractivity contribution in [2.75, 3.05) is 0 Å². The molecule has 4 atom stereocenters. The molecule has 0 radical (unpaired) electrons. The molecule has 3 fully saturated rings. The van der Waals surface area contributed by atoms with Crippen LogP contribution in [0.25, 0.3) is 0 Å². The summed E-state index contributed by atoms with van der Waals surface area (Å²) in [7, 11) is 0. The van der Waals surface area contributed by atoms with Gasteiger partial charge >= 0.3 is 0 Å². The Hall–Kier alpha value is -0.260. The summed E-state index contributed by atoms with van der Waals surface area (Å²) in [5.74, 6) is 2.82. The van der Waals surface area contributed by atoms with Gasteiger partial charge in [-0.3, -0.25) is 0 Å². The fraction of sp³-hybridized carbons (Fsp3) is 0.867. The Morgan fingerprint density at radius 2 is 1.93 bits per heavy atom. The van der Waals surface area contributed by atoms with Gasteiger partial charge in [0.05, 0.1) is 0 Å². The second-order valence-corrected chi connectivity index (χ2v) is 7.36. The molecule has 0 aliphatic heterocycles. The van der Waals surface area contributed by atoms with Crippen molar-refractivity contribution in [2.24, 2.45) is 28.6 Å². The fourth-order valence-corrected chi connectivity index (χ4v) is 4.35. The summed E-state index contributed by atoms with van der Waals surface area (Å²) in [6.07, 6.45) is 7.17. The first-order chi connectivity index (χ1) is 6.92. The largest absolute Gasteiger partial charge is 0.0996 e. The van der Waals surface area contributed by atoms with Crippen molar-refractivity contribution in [3.8, 4) is 0 Å². The van der Waals surface area contributed by atoms with E-state index >= 15 is 0 Å². The predicted octanol–water partition coefficient (Wildman–Crippen LogP) is 4.42. The summed E-state index contributed by atoms with van der Waals surface area (Å²) >= 11 is 0. The van der Waals surface area contributed by atoms with Crippen LogP contribution in [0.4, 0.5) is 0 Å². The van der Waals surface area contributed by atoms with Gasteiger partial charge in [0.25, 0.3) is 0 Å². The monoisotopic (exact) mass is 204 g/mol. The minimum Gasteiger partial charge on any atom is -0.0996 e. The van der Waals surface area contributed by atoms with Gasteiger partial charge in [-0.2, -0.15) is 0 Å². The van der Waals surface area contributed by atoms with Gasteiger partial charge in [0.1, 0.15) is 0 Å². The van der Waals surface area contributed by atoms with Crippen molar-refractivity contribution in [3.63, 3.8) is 0 Å². The summed E-state index contributed by atoms with van der Waals surface area (Å²) < 4.78 is 0. The number of allylic oxidation sites excluding steroid dienone is 1. The Balaban J connectivity index is 1.80. The van der Waals surface area contributed by atoms with E-state index in [9.17, 15) is 0 Å². The maximum Gasteiger partial charge on any atom is -0.0167 e. The summed E-state index contributed by atoms with van der Waals surface area (Å²) in [6, 6.07) is 0. The molecule has 0 nitrogen and oxygen atoms in total. The van der Waals surface area contributed by atoms with Crippen molar-refractivity contribution < 1.29 is 0 Å². The zero-order valence-corrected chi connectivity index (χ0v) is 10.5. The number of hydrogen-bond donors (Lipinski definition) is 0. The summed E-state index contributed by atoms with van der Waals surface area (Å²) in [6.45, 7) is 11.8. The number of hydrogen-bond acceptors (Lipinski definition) is 0. The summed E-state index contributed by atoms with van der Waals surface area (Å²) in [4.78, 5) is 0. The Bertz CT molecular complexity index is 312. The molecule has 0 aromatic carbocycles. The molecule has 0 aromatic heterocycles. The van der Waals surface area contributed by atoms with E-state index in [4.69, 9.17) is 0 Å². The normalized spacial score (nSPS) is 51.9. The van der Waals surface area contributed by atoms with Crippen LogP contribution in [-0.2, 0) is 0 Å². The van der Waals surface area contributed by atoms with Crippen LogP contribution in [0, 0.1) is 28.6 Å². The van der Waals surface area contributed by atoms with Gasteiger partial charge in [-0.1, -0.05) is 32.9 Å². The molecule has 84 valence electrons. The first-order valence-corrected chi connectivity index (χ1v) is 6.60. The van der Waals surface area contributed by atoms with Crippen LogP contribution in [-0.4, -0.2) is 0 Å². The molecule has 0 heteroatoms. The van der Waals surface area contributed by atoms with Crippen LogP contribution in [0.1, 0.15) is 52.9 Å². The average molecular weight is 204 g/mol. The van der Waals surface area contributed by atoms with Crippen LogP contribution in [0.2, 0.25) is 0 Å². The first kappa shape index (κ1) is 9.93. The second-order valence-electron chi connectivity index (χ2n) is 7.36. The molecule has 0 spiro atoms. The topological polar surface area (TPSA) is 0 Å². The van der Waals surface area contributed by atoms with Gasteiger partial charge in [0.15, 0.2) is 0 Å². The smallest absolute Gasteiger partial charge is 0.0167 e. The lowest BCUT2D eigenvalue weighted by atomic mass is 9.51. The van der Waals surface area contributed by atoms with Crippen molar-refractivity contribution in [3.05, 3.63) is 12.2 Å². The third-order valence-electron chi connectivity index (χ3n) is 5.83. The quantitative estimate of drug-likeness (QED) is 0.513. The zero-order chi connectivity index (χ0) is 10.8. The molecule has 0 N–H and O–H groups in total. The Morgan fingerprint density at radius 1 is 1.20 bits per heavy atom. The first-order valence-electron chi connectivity index (χ1n) is 6.60. The van der Waals surface area contributed by atoms with Crippen molar-refractivity contribution >= 4 is 0 Å². The Morgan fingerprint density at radius 3 is 2.60 bits per heavy atom. The third kappa shape index (κ3) is 1.33. The summed E-state index contributed by atoms with van der Waals surface area (Å²) in [5, 5.41) is 0. The van der Waals surface area contributed by atoms with Gasteiger partial charge in [-0.05, 0) is 60.7 Å². The van der Waals surface area contributed by atoms with Crippen LogP contribution in [0.3, 0.4) is 0 Å². The molecule has 0 heterocycles. The van der Waals surface area contributed by atoms with Crippen molar-refractivity contribution in [2.45, 2.75) is 52.9 Å². The maximum atomic E-state index is 4.37. The average Bonchev–Trinajstić information content (AvgIpc) is 2.71. The SMILES string of the molecule is C=C1CC2CC2(C)CCC2C1CC2(C)C. The molecule has 15 heavy (non-hydrogen) atoms. The van der Waals surface area contributed by atoms with Crippen LogP contribution in [0.5, 0.6) is 0 Å². The Kier molecular flexibility index (Phi) is 1.79. The third-order valence-corrected chi connectivity index (χ3v) is 5.83. The Labute approximate surface area is 94.1 Å². The van der Waals surface area contributed by atoms with Gasteiger partial charge in [-0.25, -0.2) is 0 Å². The van der Waals surface area contributed by atoms with Gasteiger partial charge in [0.2, 0.25) is 0 Å². The molecule has 0 bridgehead atoms. The van der Waals surface area contributed by atoms with Crippen molar-refractivity contribution in [1.29, 1.82) is 0 Å². The number of rotatable bonds is 0. The van der Waals surface area contributed by atoms with Gasteiger partial charge < -0.3 is 0 Å². The van der Waals surface area contributed by atoms with Crippen LogP contribution < -0.4 is 0 Å². The van der Waals surface area contributed by atoms with E-state index in [1.165, 1.54) is 32.1 Å². The summed E-state index contributed by atoms with van der Waals surface area (Å²) in [5.41, 5.74) is 2.90. The minimum absolute atomic E-state index is 0.603. The van der Waals surface area contributed by atoms with E-state index in [0.717, 1.165) is 17.8 Å². The minimum atomic E-state index is 0.603. The molecule has 3 rings (SSSR count). The molecular weight excluding hydrogens is 180 g/mol. The number of fused-ring (bicyclic) bond motifs is 2. The predicted molar refractivity (Wildman–Crippen MR) is 64.6 cm³/mol. The van der Waals surface area contributed by atoms with E-state index in [0.29, 0.717) is 10.8 Å². The molecule has 0 saturated heterocycles. The second kappa shape index (κ2) is 2.70. The van der Waals surface area contributed by atoms with Crippen LogP contribution >= 0.6 is 0 Å². The lowest BCUT2D eigenvalue weighted by Crippen LogP contribution is -2.45. The van der Waals surface area contributed by atoms with Crippen molar-refractivity contribution in [1.82, 2.24) is 0 Å². The molecule has 3 aliphatic rings. The highest BCUT2D eigenvalue weighted by atomic mass is 14.6. The molecule has 0 aromatic rings. The zero-order valence-electron chi connectivity index (χ0n) is 10.5. The highest BCUT2D eigenvalue weighted by molar-refractivity contribution is 5.19. The standard InChI is InChI=1S/C15H24/c1-10-7-11-8-15(11,4)6-5-13-12(10)9-14(13,2)3/h11-13H,1,5-9H2,2-4H3. The molecule has 3 saturated carbocycles.